The fraction of sp³-hybridized carbons (Fsp3) is 0.154. The van der Waals surface area contributed by atoms with Crippen LogP contribution in [0.25, 0.3) is 35.2 Å². The van der Waals surface area contributed by atoms with E-state index < -0.39 is 11.2 Å². The van der Waals surface area contributed by atoms with Gasteiger partial charge in [-0.25, -0.2) is 14.8 Å². The predicted molar refractivity (Wildman–Crippen MR) is 139 cm³/mol. The van der Waals surface area contributed by atoms with Crippen LogP contribution < -0.4 is 32.4 Å². The van der Waals surface area contributed by atoms with Crippen molar-refractivity contribution in [1.82, 2.24) is 29.5 Å². The fourth-order valence-corrected chi connectivity index (χ4v) is 4.23. The molecule has 4 heterocycles. The minimum absolute atomic E-state index is 0.152. The quantitative estimate of drug-likeness (QED) is 0.313. The molecule has 0 saturated carbocycles. The lowest BCUT2D eigenvalue weighted by atomic mass is 10.1. The Labute approximate surface area is 204 Å². The van der Waals surface area contributed by atoms with Crippen LogP contribution in [-0.2, 0) is 7.05 Å². The lowest BCUT2D eigenvalue weighted by Gasteiger charge is -2.24. The van der Waals surface area contributed by atoms with Crippen molar-refractivity contribution >= 4 is 35.2 Å². The average molecular weight is 482 g/mol. The number of aromatic nitrogens is 6. The molecule has 0 aliphatic carbocycles. The molecule has 10 nitrogen and oxygen atoms in total. The lowest BCUT2D eigenvalue weighted by molar-refractivity contribution is 0.870. The Morgan fingerprint density at radius 1 is 0.889 bits per heavy atom. The summed E-state index contributed by atoms with van der Waals surface area (Å²) >= 11 is 0. The third-order valence-corrected chi connectivity index (χ3v) is 6.26. The molecule has 3 aliphatic rings. The monoisotopic (exact) mass is 481 g/mol. The summed E-state index contributed by atoms with van der Waals surface area (Å²) in [5, 5.41) is 0.582. The molecule has 1 aromatic heterocycles. The topological polar surface area (TPSA) is 130 Å². The van der Waals surface area contributed by atoms with Gasteiger partial charge in [0, 0.05) is 19.8 Å². The molecule has 0 spiro atoms. The van der Waals surface area contributed by atoms with Crippen molar-refractivity contribution in [2.45, 2.75) is 13.8 Å². The summed E-state index contributed by atoms with van der Waals surface area (Å²) in [6.07, 6.45) is 1.86. The van der Waals surface area contributed by atoms with Crippen molar-refractivity contribution in [3.05, 3.63) is 95.0 Å². The van der Waals surface area contributed by atoms with Crippen molar-refractivity contribution in [2.75, 3.05) is 11.9 Å². The number of para-hydroxylation sites is 1. The Morgan fingerprint density at radius 2 is 1.61 bits per heavy atom. The molecule has 2 N–H and O–H groups in total. The summed E-state index contributed by atoms with van der Waals surface area (Å²) in [6, 6.07) is 11.8. The SMILES string of the molecule is C=c1nc2c(c(=O)[nH]1)=Cc1ccccc1N2C.Cc1cc2nc3c(=O)[nH]c(=O)nc-3n(C)c2cc1C. The number of hydrogen-bond acceptors (Lipinski definition) is 7. The Balaban J connectivity index is 0.000000149. The van der Waals surface area contributed by atoms with Crippen molar-refractivity contribution in [1.29, 1.82) is 0 Å². The molecule has 0 fully saturated rings. The van der Waals surface area contributed by atoms with Crippen LogP contribution >= 0.6 is 0 Å². The van der Waals surface area contributed by atoms with Gasteiger partial charge >= 0.3 is 5.69 Å². The van der Waals surface area contributed by atoms with E-state index in [2.05, 4.69) is 31.5 Å². The molecule has 180 valence electrons. The summed E-state index contributed by atoms with van der Waals surface area (Å²) in [4.78, 5) is 54.0. The third-order valence-electron chi connectivity index (χ3n) is 6.26. The highest BCUT2D eigenvalue weighted by atomic mass is 16.2. The van der Waals surface area contributed by atoms with Crippen molar-refractivity contribution < 1.29 is 0 Å². The Hall–Kier alpha value is -4.86. The van der Waals surface area contributed by atoms with Crippen LogP contribution in [0.5, 0.6) is 0 Å². The Kier molecular flexibility index (Phi) is 5.36. The minimum Gasteiger partial charge on any atom is -0.328 e. The first kappa shape index (κ1) is 22.9. The summed E-state index contributed by atoms with van der Waals surface area (Å²) in [5.41, 5.74) is 5.08. The standard InChI is InChI=1S/C13H12N4O2.C13H11N3O/c1-6-4-8-9(5-7(6)2)17(3)11-10(14-8)12(18)16-13(19)15-11;1-8-14-12-10(13(17)15-8)7-9-5-3-4-6-11(9)16(12)2/h4-5H,1-3H3,(H,16,18,19);3-7H,1H2,2H3,(H,15,17). The van der Waals surface area contributed by atoms with E-state index in [0.29, 0.717) is 27.9 Å². The van der Waals surface area contributed by atoms with E-state index in [1.54, 1.807) is 11.6 Å². The third kappa shape index (κ3) is 3.78. The fourth-order valence-electron chi connectivity index (χ4n) is 4.23. The molecule has 3 aromatic rings. The second kappa shape index (κ2) is 8.42. The van der Waals surface area contributed by atoms with Crippen molar-refractivity contribution in [3.8, 4) is 11.5 Å². The lowest BCUT2D eigenvalue weighted by Crippen LogP contribution is -2.41. The molecular formula is C26H23N7O3. The maximum absolute atomic E-state index is 11.8. The highest BCUT2D eigenvalue weighted by Crippen LogP contribution is 2.26. The number of H-pyrrole nitrogens is 2. The van der Waals surface area contributed by atoms with Gasteiger partial charge in [-0.1, -0.05) is 24.8 Å². The average Bonchev–Trinajstić information content (AvgIpc) is 2.83. The van der Waals surface area contributed by atoms with Crippen LogP contribution in [0.3, 0.4) is 0 Å². The van der Waals surface area contributed by atoms with Crippen molar-refractivity contribution in [3.63, 3.8) is 0 Å². The van der Waals surface area contributed by atoms with E-state index in [1.807, 2.05) is 68.3 Å². The van der Waals surface area contributed by atoms with Crippen LogP contribution in [0.4, 0.5) is 11.5 Å². The molecule has 2 aromatic carbocycles. The van der Waals surface area contributed by atoms with Gasteiger partial charge in [-0.05, 0) is 54.8 Å². The van der Waals surface area contributed by atoms with E-state index in [-0.39, 0.29) is 11.3 Å². The normalized spacial score (nSPS) is 11.9. The number of fused-ring (bicyclic) bond motifs is 4. The molecule has 3 aliphatic heterocycles. The summed E-state index contributed by atoms with van der Waals surface area (Å²) in [5.74, 6) is 0.946. The molecule has 0 atom stereocenters. The second-order valence-corrected chi connectivity index (χ2v) is 8.65. The zero-order valence-electron chi connectivity index (χ0n) is 20.2. The molecule has 0 saturated heterocycles. The molecule has 0 bridgehead atoms. The van der Waals surface area contributed by atoms with Gasteiger partial charge in [0.05, 0.1) is 16.3 Å². The Bertz CT molecular complexity index is 1940. The highest BCUT2D eigenvalue weighted by Gasteiger charge is 2.18. The maximum Gasteiger partial charge on any atom is 0.349 e. The van der Waals surface area contributed by atoms with Gasteiger partial charge in [-0.3, -0.25) is 14.6 Å². The minimum atomic E-state index is -0.655. The summed E-state index contributed by atoms with van der Waals surface area (Å²) in [6.45, 7) is 7.67. The molecule has 6 rings (SSSR count). The zero-order chi connectivity index (χ0) is 25.7. The molecule has 36 heavy (non-hydrogen) atoms. The van der Waals surface area contributed by atoms with Gasteiger partial charge in [0.15, 0.2) is 11.5 Å². The van der Waals surface area contributed by atoms with E-state index in [4.69, 9.17) is 0 Å². The van der Waals surface area contributed by atoms with E-state index in [9.17, 15) is 14.4 Å². The molecule has 0 radical (unpaired) electrons. The number of rotatable bonds is 0. The molecular weight excluding hydrogens is 458 g/mol. The first-order valence-electron chi connectivity index (χ1n) is 11.2. The van der Waals surface area contributed by atoms with E-state index in [0.717, 1.165) is 27.9 Å². The Morgan fingerprint density at radius 3 is 2.39 bits per heavy atom. The first-order chi connectivity index (χ1) is 17.1. The van der Waals surface area contributed by atoms with Crippen LogP contribution in [0.2, 0.25) is 0 Å². The van der Waals surface area contributed by atoms with Crippen LogP contribution in [0, 0.1) is 13.8 Å². The zero-order valence-corrected chi connectivity index (χ0v) is 20.2. The summed E-state index contributed by atoms with van der Waals surface area (Å²) in [7, 11) is 3.67. The summed E-state index contributed by atoms with van der Waals surface area (Å²) < 4.78 is 1.72. The number of aromatic amines is 2. The van der Waals surface area contributed by atoms with Gasteiger partial charge in [-0.2, -0.15) is 4.98 Å². The van der Waals surface area contributed by atoms with Gasteiger partial charge < -0.3 is 14.5 Å². The number of benzene rings is 2. The predicted octanol–water partition coefficient (Wildman–Crippen LogP) is 0.829. The van der Waals surface area contributed by atoms with Gasteiger partial charge in [0.1, 0.15) is 11.3 Å². The van der Waals surface area contributed by atoms with Crippen LogP contribution in [-0.4, -0.2) is 36.5 Å². The van der Waals surface area contributed by atoms with Crippen LogP contribution in [0.15, 0.2) is 50.8 Å². The second-order valence-electron chi connectivity index (χ2n) is 8.65. The number of anilines is 2. The number of hydrogen-bond donors (Lipinski definition) is 2. The van der Waals surface area contributed by atoms with E-state index >= 15 is 0 Å². The smallest absolute Gasteiger partial charge is 0.328 e. The van der Waals surface area contributed by atoms with Crippen molar-refractivity contribution in [2.24, 2.45) is 7.05 Å². The van der Waals surface area contributed by atoms with Gasteiger partial charge in [0.25, 0.3) is 11.1 Å². The molecule has 0 unspecified atom stereocenters. The van der Waals surface area contributed by atoms with Gasteiger partial charge in [-0.15, -0.1) is 0 Å². The molecule has 10 heteroatoms. The maximum atomic E-state index is 11.8. The van der Waals surface area contributed by atoms with Gasteiger partial charge in [0.2, 0.25) is 0 Å². The number of aryl methyl sites for hydroxylation is 3. The highest BCUT2D eigenvalue weighted by molar-refractivity contribution is 5.81. The number of nitrogens with one attached hydrogen (secondary N) is 2. The molecule has 0 amide bonds. The van der Waals surface area contributed by atoms with Crippen LogP contribution in [0.1, 0.15) is 16.7 Å². The van der Waals surface area contributed by atoms with E-state index in [1.165, 1.54) is 0 Å². The number of nitrogens with zero attached hydrogens (tertiary/aromatic N) is 5. The first-order valence-corrected chi connectivity index (χ1v) is 11.2. The largest absolute Gasteiger partial charge is 0.349 e.